The number of fused-ring (bicyclic) bond motifs is 6. The molecule has 0 saturated carbocycles. The fourth-order valence-corrected chi connectivity index (χ4v) is 7.64. The van der Waals surface area contributed by atoms with Crippen molar-refractivity contribution in [1.82, 2.24) is 0 Å². The van der Waals surface area contributed by atoms with E-state index in [0.29, 0.717) is 16.3 Å². The first-order chi connectivity index (χ1) is 28.4. The molecular formula is C46H34S. The van der Waals surface area contributed by atoms with E-state index in [4.69, 9.17) is 11.0 Å². The van der Waals surface area contributed by atoms with Crippen LogP contribution in [0.5, 0.6) is 0 Å². The van der Waals surface area contributed by atoms with Crippen LogP contribution >= 0.6 is 11.3 Å². The quantitative estimate of drug-likeness (QED) is 0.134. The molecule has 1 heteroatoms. The first kappa shape index (κ1) is 17.6. The normalized spacial score (nSPS) is 16.0. The van der Waals surface area contributed by atoms with Crippen molar-refractivity contribution >= 4 is 64.5 Å². The van der Waals surface area contributed by atoms with Crippen LogP contribution in [0.1, 0.15) is 43.5 Å². The van der Waals surface area contributed by atoms with Crippen LogP contribution in [-0.4, -0.2) is 0 Å². The van der Waals surface area contributed by atoms with Crippen molar-refractivity contribution in [3.8, 4) is 33.4 Å². The van der Waals surface area contributed by atoms with Gasteiger partial charge in [-0.05, 0) is 105 Å². The van der Waals surface area contributed by atoms with Crippen LogP contribution in [0, 0.1) is 0 Å². The summed E-state index contributed by atoms with van der Waals surface area (Å²) in [6.07, 6.45) is 0. The van der Waals surface area contributed by atoms with Crippen molar-refractivity contribution in [3.05, 3.63) is 156 Å². The third-order valence-electron chi connectivity index (χ3n) is 8.73. The van der Waals surface area contributed by atoms with Gasteiger partial charge < -0.3 is 0 Å². The average molecular weight is 632 g/mol. The van der Waals surface area contributed by atoms with Crippen molar-refractivity contribution in [1.29, 1.82) is 0 Å². The third-order valence-corrected chi connectivity index (χ3v) is 10.3. The minimum absolute atomic E-state index is 0.00308. The van der Waals surface area contributed by atoms with Crippen molar-refractivity contribution in [2.45, 2.75) is 26.2 Å². The summed E-state index contributed by atoms with van der Waals surface area (Å²) in [6, 6.07) is 16.1. The Balaban J connectivity index is 1.39. The van der Waals surface area contributed by atoms with Crippen LogP contribution in [0.15, 0.2) is 151 Å². The van der Waals surface area contributed by atoms with Crippen LogP contribution in [-0.2, 0) is 5.41 Å². The van der Waals surface area contributed by atoms with Gasteiger partial charge in [0.15, 0.2) is 0 Å². The van der Waals surface area contributed by atoms with Gasteiger partial charge in [0.25, 0.3) is 0 Å². The van der Waals surface area contributed by atoms with E-state index in [0.717, 1.165) is 32.0 Å². The lowest BCUT2D eigenvalue weighted by atomic mass is 9.85. The summed E-state index contributed by atoms with van der Waals surface area (Å²) in [5.74, 6) is 0. The standard InChI is InChI=1S/C46H34S/c1-46(2,3)43-28-32-24-25-33(27-42(32)47-43)45-39-18-10-8-16-37(39)44(38-17-9-11-19-40(38)45)30-22-20-29(21-23-30)41-26-31-12-4-5-13-34(31)35-14-6-7-15-36(35)41/h4-28H,1-3H3/i4D,5D,6D,7D,12D,13D,14D,15D,20D,21D,22D,23D,26D. The van der Waals surface area contributed by atoms with Crippen molar-refractivity contribution < 1.29 is 17.8 Å². The summed E-state index contributed by atoms with van der Waals surface area (Å²) in [5.41, 5.74) is 1.56. The molecule has 0 aliphatic rings. The molecule has 9 aromatic rings. The lowest BCUT2D eigenvalue weighted by molar-refractivity contribution is 0.604. The molecule has 47 heavy (non-hydrogen) atoms. The molecule has 0 fully saturated rings. The Kier molecular flexibility index (Phi) is 3.99. The molecule has 0 aliphatic carbocycles. The number of thiophene rings is 1. The zero-order valence-corrected chi connectivity index (χ0v) is 26.7. The lowest BCUT2D eigenvalue weighted by Gasteiger charge is -2.18. The van der Waals surface area contributed by atoms with Crippen LogP contribution in [0.4, 0.5) is 0 Å². The Hall–Kier alpha value is -5.24. The van der Waals surface area contributed by atoms with E-state index >= 15 is 0 Å². The SMILES string of the molecule is [2H]c1c([2H])c(-c2c([2H])c3c([2H])c([2H])c([2H])c([2H])c3c3c([2H])c([2H])c([2H])c([2H])c23)c([2H])c([2H])c1-c1c2ccccc2c(-c2ccc3cc(C(C)(C)C)sc3c2)c2ccccc12. The van der Waals surface area contributed by atoms with E-state index in [1.54, 1.807) is 11.3 Å². The molecule has 0 atom stereocenters. The van der Waals surface area contributed by atoms with E-state index in [-0.39, 0.29) is 38.1 Å². The highest BCUT2D eigenvalue weighted by molar-refractivity contribution is 7.19. The smallest absolute Gasteiger partial charge is 0.0636 e. The van der Waals surface area contributed by atoms with Gasteiger partial charge in [-0.2, -0.15) is 0 Å². The minimum Gasteiger partial charge on any atom is -0.140 e. The van der Waals surface area contributed by atoms with E-state index in [2.05, 4.69) is 45.0 Å². The van der Waals surface area contributed by atoms with Gasteiger partial charge >= 0.3 is 0 Å². The Labute approximate surface area is 297 Å². The maximum atomic E-state index is 9.60. The Morgan fingerprint density at radius 2 is 1.04 bits per heavy atom. The van der Waals surface area contributed by atoms with Gasteiger partial charge in [-0.25, -0.2) is 0 Å². The molecule has 0 saturated heterocycles. The summed E-state index contributed by atoms with van der Waals surface area (Å²) in [7, 11) is 0. The molecule has 0 radical (unpaired) electrons. The summed E-state index contributed by atoms with van der Waals surface area (Å²) in [5, 5.41) is 2.87. The van der Waals surface area contributed by atoms with E-state index in [9.17, 15) is 6.85 Å². The van der Waals surface area contributed by atoms with Crippen LogP contribution in [0.25, 0.3) is 86.6 Å². The van der Waals surface area contributed by atoms with Crippen LogP contribution in [0.2, 0.25) is 0 Å². The molecule has 224 valence electrons. The maximum Gasteiger partial charge on any atom is 0.0636 e. The van der Waals surface area contributed by atoms with Crippen LogP contribution < -0.4 is 0 Å². The van der Waals surface area contributed by atoms with Gasteiger partial charge in [-0.15, -0.1) is 11.3 Å². The summed E-state index contributed by atoms with van der Waals surface area (Å²) in [6.45, 7) is 6.58. The summed E-state index contributed by atoms with van der Waals surface area (Å²) < 4.78 is 118. The Morgan fingerprint density at radius 3 is 1.68 bits per heavy atom. The minimum atomic E-state index is -0.689. The van der Waals surface area contributed by atoms with Crippen LogP contribution in [0.3, 0.4) is 0 Å². The zero-order valence-electron chi connectivity index (χ0n) is 38.8. The molecule has 0 spiro atoms. The Morgan fingerprint density at radius 1 is 0.489 bits per heavy atom. The molecule has 8 aromatic carbocycles. The highest BCUT2D eigenvalue weighted by Crippen LogP contribution is 2.45. The van der Waals surface area contributed by atoms with E-state index < -0.39 is 84.1 Å². The van der Waals surface area contributed by atoms with Gasteiger partial charge in [-0.3, -0.25) is 0 Å². The fourth-order valence-electron chi connectivity index (χ4n) is 6.48. The molecule has 0 nitrogen and oxygen atoms in total. The highest BCUT2D eigenvalue weighted by atomic mass is 32.1. The zero-order chi connectivity index (χ0) is 43.0. The molecule has 0 amide bonds. The van der Waals surface area contributed by atoms with E-state index in [1.165, 1.54) is 4.88 Å². The van der Waals surface area contributed by atoms with Crippen molar-refractivity contribution in [2.24, 2.45) is 0 Å². The largest absolute Gasteiger partial charge is 0.140 e. The predicted octanol–water partition coefficient (Wildman–Crippen LogP) is 13.8. The molecule has 0 unspecified atom stereocenters. The second-order valence-electron chi connectivity index (χ2n) is 12.7. The molecular weight excluding hydrogens is 585 g/mol. The molecule has 1 heterocycles. The third kappa shape index (κ3) is 4.57. The predicted molar refractivity (Wildman–Crippen MR) is 207 cm³/mol. The average Bonchev–Trinajstić information content (AvgIpc) is 3.67. The Bertz CT molecular complexity index is 3310. The van der Waals surface area contributed by atoms with Crippen molar-refractivity contribution in [2.75, 3.05) is 0 Å². The second kappa shape index (κ2) is 10.7. The topological polar surface area (TPSA) is 0 Å². The summed E-state index contributed by atoms with van der Waals surface area (Å²) in [4.78, 5) is 1.27. The molecule has 1 aromatic heterocycles. The fraction of sp³-hybridized carbons (Fsp3) is 0.0870. The molecule has 0 bridgehead atoms. The molecule has 0 aliphatic heterocycles. The number of benzene rings is 8. The monoisotopic (exact) mass is 631 g/mol. The van der Waals surface area contributed by atoms with Gasteiger partial charge in [-0.1, -0.05) is 154 Å². The lowest BCUT2D eigenvalue weighted by Crippen LogP contribution is -2.07. The number of hydrogen-bond donors (Lipinski definition) is 0. The van der Waals surface area contributed by atoms with E-state index in [1.807, 2.05) is 48.5 Å². The van der Waals surface area contributed by atoms with Gasteiger partial charge in [0.1, 0.15) is 0 Å². The number of hydrogen-bond acceptors (Lipinski definition) is 1. The maximum absolute atomic E-state index is 9.60. The van der Waals surface area contributed by atoms with Gasteiger partial charge in [0.2, 0.25) is 0 Å². The number of rotatable bonds is 3. The highest BCUT2D eigenvalue weighted by Gasteiger charge is 2.20. The molecule has 9 rings (SSSR count). The first-order valence-electron chi connectivity index (χ1n) is 21.9. The van der Waals surface area contributed by atoms with Gasteiger partial charge in [0, 0.05) is 9.58 Å². The first-order valence-corrected chi connectivity index (χ1v) is 16.2. The van der Waals surface area contributed by atoms with Gasteiger partial charge in [0.05, 0.1) is 17.8 Å². The molecule has 0 N–H and O–H groups in total. The van der Waals surface area contributed by atoms with Crippen molar-refractivity contribution in [3.63, 3.8) is 0 Å². The summed E-state index contributed by atoms with van der Waals surface area (Å²) >= 11 is 1.75. The second-order valence-corrected chi connectivity index (χ2v) is 13.8.